The van der Waals surface area contributed by atoms with Crippen LogP contribution in [-0.2, 0) is 5.41 Å². The van der Waals surface area contributed by atoms with Crippen LogP contribution in [0, 0.1) is 6.92 Å². The van der Waals surface area contributed by atoms with Crippen molar-refractivity contribution in [1.82, 2.24) is 0 Å². The molecule has 0 heterocycles. The molecule has 10 rings (SSSR count). The van der Waals surface area contributed by atoms with E-state index in [1.165, 1.54) is 71.6 Å². The Balaban J connectivity index is 1.30. The zero-order valence-corrected chi connectivity index (χ0v) is 26.1. The van der Waals surface area contributed by atoms with E-state index in [0.717, 1.165) is 17.1 Å². The molecule has 0 aromatic heterocycles. The molecular weight excluding hydrogens is 567 g/mol. The van der Waals surface area contributed by atoms with Crippen molar-refractivity contribution in [3.63, 3.8) is 0 Å². The summed E-state index contributed by atoms with van der Waals surface area (Å²) in [6, 6.07) is 63.1. The van der Waals surface area contributed by atoms with Crippen LogP contribution in [0.2, 0.25) is 0 Å². The van der Waals surface area contributed by atoms with Gasteiger partial charge in [0, 0.05) is 17.1 Å². The highest BCUT2D eigenvalue weighted by molar-refractivity contribution is 6.11. The molecule has 0 N–H and O–H groups in total. The van der Waals surface area contributed by atoms with Crippen molar-refractivity contribution in [2.45, 2.75) is 12.3 Å². The second-order valence-electron chi connectivity index (χ2n) is 13.0. The van der Waals surface area contributed by atoms with Gasteiger partial charge in [-0.05, 0) is 109 Å². The molecule has 0 radical (unpaired) electrons. The van der Waals surface area contributed by atoms with Crippen molar-refractivity contribution in [3.05, 3.63) is 198 Å². The highest BCUT2D eigenvalue weighted by Gasteiger charge is 2.52. The maximum absolute atomic E-state index is 2.41. The van der Waals surface area contributed by atoms with E-state index in [-0.39, 0.29) is 0 Å². The molecule has 1 nitrogen and oxygen atoms in total. The molecule has 1 spiro atoms. The van der Waals surface area contributed by atoms with Crippen molar-refractivity contribution in [2.24, 2.45) is 0 Å². The van der Waals surface area contributed by atoms with Gasteiger partial charge < -0.3 is 4.90 Å². The van der Waals surface area contributed by atoms with Gasteiger partial charge in [-0.15, -0.1) is 0 Å². The Morgan fingerprint density at radius 1 is 0.404 bits per heavy atom. The molecule has 0 unspecified atom stereocenters. The van der Waals surface area contributed by atoms with E-state index in [1.807, 2.05) is 0 Å². The van der Waals surface area contributed by atoms with Crippen LogP contribution in [0.1, 0.15) is 27.8 Å². The third-order valence-corrected chi connectivity index (χ3v) is 10.5. The second-order valence-corrected chi connectivity index (χ2v) is 13.0. The fourth-order valence-electron chi connectivity index (χ4n) is 8.59. The number of rotatable bonds is 3. The minimum Gasteiger partial charge on any atom is -0.310 e. The molecule has 8 aromatic rings. The minimum atomic E-state index is -0.404. The van der Waals surface area contributed by atoms with Gasteiger partial charge >= 0.3 is 0 Å². The van der Waals surface area contributed by atoms with E-state index < -0.39 is 5.41 Å². The molecular formula is C46H31N. The van der Waals surface area contributed by atoms with Crippen LogP contribution < -0.4 is 4.90 Å². The maximum atomic E-state index is 2.41. The number of benzene rings is 8. The van der Waals surface area contributed by atoms with Crippen molar-refractivity contribution >= 4 is 38.6 Å². The lowest BCUT2D eigenvalue weighted by molar-refractivity contribution is 0.802. The Bertz CT molecular complexity index is 2480. The Hall–Kier alpha value is -5.92. The SMILES string of the molecule is Cc1ccc(N(c2ccccc2)c2ccc3c4c(ccc3c2)-c2c(ccc3ccccc23)C42c3ccccc3-c3ccccc32)cc1. The summed E-state index contributed by atoms with van der Waals surface area (Å²) in [4.78, 5) is 2.37. The highest BCUT2D eigenvalue weighted by atomic mass is 15.1. The predicted octanol–water partition coefficient (Wildman–Crippen LogP) is 12.1. The van der Waals surface area contributed by atoms with Crippen LogP contribution in [0.15, 0.2) is 170 Å². The normalized spacial score (nSPS) is 13.4. The van der Waals surface area contributed by atoms with E-state index >= 15 is 0 Å². The monoisotopic (exact) mass is 597 g/mol. The average molecular weight is 598 g/mol. The first kappa shape index (κ1) is 26.3. The summed E-state index contributed by atoms with van der Waals surface area (Å²) in [7, 11) is 0. The first-order chi connectivity index (χ1) is 23.2. The summed E-state index contributed by atoms with van der Waals surface area (Å²) in [5.41, 5.74) is 15.2. The third kappa shape index (κ3) is 3.54. The number of para-hydroxylation sites is 1. The van der Waals surface area contributed by atoms with Crippen molar-refractivity contribution in [2.75, 3.05) is 4.90 Å². The van der Waals surface area contributed by atoms with Gasteiger partial charge in [0.1, 0.15) is 0 Å². The molecule has 47 heavy (non-hydrogen) atoms. The van der Waals surface area contributed by atoms with E-state index in [0.29, 0.717) is 0 Å². The zero-order valence-electron chi connectivity index (χ0n) is 26.1. The zero-order chi connectivity index (χ0) is 31.1. The molecule has 0 saturated heterocycles. The van der Waals surface area contributed by atoms with Gasteiger partial charge in [-0.1, -0.05) is 139 Å². The molecule has 0 amide bonds. The largest absolute Gasteiger partial charge is 0.310 e. The number of nitrogens with zero attached hydrogens (tertiary/aromatic N) is 1. The molecule has 8 aromatic carbocycles. The lowest BCUT2D eigenvalue weighted by Crippen LogP contribution is -2.26. The second kappa shape index (κ2) is 9.79. The third-order valence-electron chi connectivity index (χ3n) is 10.5. The van der Waals surface area contributed by atoms with Crippen molar-refractivity contribution in [1.29, 1.82) is 0 Å². The van der Waals surface area contributed by atoms with Crippen LogP contribution in [0.4, 0.5) is 17.1 Å². The van der Waals surface area contributed by atoms with Crippen LogP contribution >= 0.6 is 0 Å². The Morgan fingerprint density at radius 2 is 1.02 bits per heavy atom. The quantitative estimate of drug-likeness (QED) is 0.196. The number of anilines is 3. The summed E-state index contributed by atoms with van der Waals surface area (Å²) in [5, 5.41) is 5.14. The average Bonchev–Trinajstić information content (AvgIpc) is 3.61. The van der Waals surface area contributed by atoms with Gasteiger partial charge in [0.15, 0.2) is 0 Å². The Kier molecular flexibility index (Phi) is 5.48. The molecule has 0 aliphatic heterocycles. The number of aryl methyl sites for hydroxylation is 1. The molecule has 2 aliphatic rings. The first-order valence-electron chi connectivity index (χ1n) is 16.4. The summed E-state index contributed by atoms with van der Waals surface area (Å²) < 4.78 is 0. The van der Waals surface area contributed by atoms with Crippen molar-refractivity contribution in [3.8, 4) is 22.3 Å². The summed E-state index contributed by atoms with van der Waals surface area (Å²) in [6.45, 7) is 2.14. The standard InChI is InChI=1S/C46H31N/c1-30-19-23-34(24-20-30)47(33-12-3-2-4-13-33)35-25-27-37-32(29-35)21-26-40-44-36-14-6-5-11-31(36)22-28-43(44)46(45(37)40)41-17-9-7-15-38(41)39-16-8-10-18-42(39)46/h2-29H,1H3. The van der Waals surface area contributed by atoms with Crippen LogP contribution in [0.5, 0.6) is 0 Å². The summed E-state index contributed by atoms with van der Waals surface area (Å²) >= 11 is 0. The lowest BCUT2D eigenvalue weighted by Gasteiger charge is -2.32. The Labute approximate surface area is 275 Å². The molecule has 1 heteroatoms. The van der Waals surface area contributed by atoms with Gasteiger partial charge in [-0.2, -0.15) is 0 Å². The van der Waals surface area contributed by atoms with Gasteiger partial charge in [0.05, 0.1) is 5.41 Å². The summed E-state index contributed by atoms with van der Waals surface area (Å²) in [6.07, 6.45) is 0. The van der Waals surface area contributed by atoms with E-state index in [2.05, 4.69) is 182 Å². The fraction of sp³-hybridized carbons (Fsp3) is 0.0435. The van der Waals surface area contributed by atoms with Crippen LogP contribution in [0.25, 0.3) is 43.8 Å². The van der Waals surface area contributed by atoms with Crippen LogP contribution in [0.3, 0.4) is 0 Å². The van der Waals surface area contributed by atoms with Gasteiger partial charge in [-0.3, -0.25) is 0 Å². The molecule has 0 saturated carbocycles. The van der Waals surface area contributed by atoms with E-state index in [1.54, 1.807) is 0 Å². The summed E-state index contributed by atoms with van der Waals surface area (Å²) in [5.74, 6) is 0. The topological polar surface area (TPSA) is 3.24 Å². The first-order valence-corrected chi connectivity index (χ1v) is 16.4. The molecule has 220 valence electrons. The van der Waals surface area contributed by atoms with Crippen LogP contribution in [-0.4, -0.2) is 0 Å². The van der Waals surface area contributed by atoms with E-state index in [4.69, 9.17) is 0 Å². The predicted molar refractivity (Wildman–Crippen MR) is 197 cm³/mol. The van der Waals surface area contributed by atoms with E-state index in [9.17, 15) is 0 Å². The molecule has 0 atom stereocenters. The number of hydrogen-bond acceptors (Lipinski definition) is 1. The number of fused-ring (bicyclic) bond motifs is 14. The molecule has 0 fully saturated rings. The molecule has 2 aliphatic carbocycles. The van der Waals surface area contributed by atoms with Crippen molar-refractivity contribution < 1.29 is 0 Å². The van der Waals surface area contributed by atoms with Gasteiger partial charge in [-0.25, -0.2) is 0 Å². The minimum absolute atomic E-state index is 0.404. The fourth-order valence-corrected chi connectivity index (χ4v) is 8.59. The maximum Gasteiger partial charge on any atom is 0.0731 e. The smallest absolute Gasteiger partial charge is 0.0731 e. The molecule has 0 bridgehead atoms. The van der Waals surface area contributed by atoms with Gasteiger partial charge in [0.2, 0.25) is 0 Å². The Morgan fingerprint density at radius 3 is 1.79 bits per heavy atom. The number of hydrogen-bond donors (Lipinski definition) is 0. The highest BCUT2D eigenvalue weighted by Crippen LogP contribution is 2.65. The lowest BCUT2D eigenvalue weighted by atomic mass is 9.69. The van der Waals surface area contributed by atoms with Gasteiger partial charge in [0.25, 0.3) is 0 Å².